The molecule has 1 aromatic rings. The molecule has 0 saturated heterocycles. The molecule has 0 bridgehead atoms. The van der Waals surface area contributed by atoms with Crippen molar-refractivity contribution < 1.29 is 9.53 Å². The van der Waals surface area contributed by atoms with E-state index in [0.717, 1.165) is 12.2 Å². The molecule has 0 spiro atoms. The molecule has 0 atom stereocenters. The third-order valence-electron chi connectivity index (χ3n) is 2.68. The number of nitrogens with one attached hydrogen (secondary N) is 3. The van der Waals surface area contributed by atoms with Crippen LogP contribution in [0.2, 0.25) is 0 Å². The summed E-state index contributed by atoms with van der Waals surface area (Å²) >= 11 is 2.13. The maximum absolute atomic E-state index is 11.4. The van der Waals surface area contributed by atoms with Gasteiger partial charge in [0.05, 0.1) is 6.61 Å². The molecular formula is C14H22IN3O2. The van der Waals surface area contributed by atoms with Crippen LogP contribution in [-0.4, -0.2) is 32.2 Å². The molecular weight excluding hydrogens is 369 g/mol. The second-order valence-electron chi connectivity index (χ2n) is 4.23. The average molecular weight is 391 g/mol. The summed E-state index contributed by atoms with van der Waals surface area (Å²) in [5, 5.41) is 6.12. The Morgan fingerprint density at radius 3 is 2.65 bits per heavy atom. The standard InChI is InChI=1S/C14H22IN3O2/c1-2-20-10-7-14(19)17-9-8-16-13-5-3-12(4-6-13)11-18-15/h3-6,16,18H,2,7-11H2,1H3,(H,17,19). The van der Waals surface area contributed by atoms with Crippen molar-refractivity contribution in [3.8, 4) is 0 Å². The first-order valence-corrected chi connectivity index (χ1v) is 7.85. The number of hydrogen-bond donors (Lipinski definition) is 3. The Morgan fingerprint density at radius 2 is 2.00 bits per heavy atom. The van der Waals surface area contributed by atoms with Gasteiger partial charge in [-0.2, -0.15) is 0 Å². The molecule has 0 unspecified atom stereocenters. The molecule has 6 heteroatoms. The van der Waals surface area contributed by atoms with Gasteiger partial charge in [-0.25, -0.2) is 0 Å². The largest absolute Gasteiger partial charge is 0.383 e. The molecule has 0 fully saturated rings. The zero-order valence-corrected chi connectivity index (χ0v) is 13.9. The number of carbonyl (C=O) groups is 1. The third kappa shape index (κ3) is 7.66. The van der Waals surface area contributed by atoms with Crippen LogP contribution in [0.5, 0.6) is 0 Å². The second kappa shape index (κ2) is 10.9. The van der Waals surface area contributed by atoms with Crippen molar-refractivity contribution in [1.82, 2.24) is 8.85 Å². The van der Waals surface area contributed by atoms with Crippen molar-refractivity contribution in [3.05, 3.63) is 29.8 Å². The van der Waals surface area contributed by atoms with Gasteiger partial charge in [0.1, 0.15) is 0 Å². The summed E-state index contributed by atoms with van der Waals surface area (Å²) in [4.78, 5) is 11.4. The van der Waals surface area contributed by atoms with E-state index in [4.69, 9.17) is 4.74 Å². The molecule has 5 nitrogen and oxygen atoms in total. The van der Waals surface area contributed by atoms with Crippen molar-refractivity contribution in [2.45, 2.75) is 19.9 Å². The van der Waals surface area contributed by atoms with Gasteiger partial charge in [-0.05, 0) is 24.6 Å². The highest BCUT2D eigenvalue weighted by atomic mass is 127. The number of carbonyl (C=O) groups excluding carboxylic acids is 1. The topological polar surface area (TPSA) is 62.4 Å². The molecule has 0 aliphatic carbocycles. The minimum absolute atomic E-state index is 0.0312. The first kappa shape index (κ1) is 17.2. The van der Waals surface area contributed by atoms with Gasteiger partial charge in [0.2, 0.25) is 5.91 Å². The van der Waals surface area contributed by atoms with Crippen molar-refractivity contribution >= 4 is 34.5 Å². The number of rotatable bonds is 10. The van der Waals surface area contributed by atoms with Crippen LogP contribution in [0.1, 0.15) is 18.9 Å². The Hall–Kier alpha value is -0.860. The summed E-state index contributed by atoms with van der Waals surface area (Å²) in [5.41, 5.74) is 2.31. The molecule has 20 heavy (non-hydrogen) atoms. The van der Waals surface area contributed by atoms with Gasteiger partial charge in [-0.15, -0.1) is 0 Å². The fourth-order valence-corrected chi connectivity index (χ4v) is 2.06. The van der Waals surface area contributed by atoms with Crippen LogP contribution in [0, 0.1) is 0 Å². The normalized spacial score (nSPS) is 10.3. The van der Waals surface area contributed by atoms with Crippen LogP contribution in [0.15, 0.2) is 24.3 Å². The van der Waals surface area contributed by atoms with Gasteiger partial charge in [0.15, 0.2) is 0 Å². The van der Waals surface area contributed by atoms with E-state index in [-0.39, 0.29) is 5.91 Å². The molecule has 0 aliphatic heterocycles. The maximum atomic E-state index is 11.4. The van der Waals surface area contributed by atoms with E-state index in [1.807, 2.05) is 19.1 Å². The lowest BCUT2D eigenvalue weighted by Crippen LogP contribution is -2.29. The molecule has 112 valence electrons. The minimum atomic E-state index is 0.0312. The van der Waals surface area contributed by atoms with Crippen LogP contribution in [0.25, 0.3) is 0 Å². The summed E-state index contributed by atoms with van der Waals surface area (Å²) in [5.74, 6) is 0.0312. The smallest absolute Gasteiger partial charge is 0.222 e. The number of ether oxygens (including phenoxy) is 1. The van der Waals surface area contributed by atoms with Gasteiger partial charge in [0, 0.05) is 61.2 Å². The Balaban J connectivity index is 2.12. The van der Waals surface area contributed by atoms with Crippen LogP contribution >= 0.6 is 22.9 Å². The fourth-order valence-electron chi connectivity index (χ4n) is 1.62. The number of anilines is 1. The lowest BCUT2D eigenvalue weighted by molar-refractivity contribution is -0.122. The zero-order valence-electron chi connectivity index (χ0n) is 11.7. The summed E-state index contributed by atoms with van der Waals surface area (Å²) in [6.45, 7) is 5.24. The van der Waals surface area contributed by atoms with E-state index >= 15 is 0 Å². The molecule has 0 saturated carbocycles. The highest BCUT2D eigenvalue weighted by Gasteiger charge is 1.99. The van der Waals surface area contributed by atoms with Gasteiger partial charge in [0.25, 0.3) is 0 Å². The molecule has 1 amide bonds. The van der Waals surface area contributed by atoms with Gasteiger partial charge >= 0.3 is 0 Å². The van der Waals surface area contributed by atoms with E-state index in [1.165, 1.54) is 5.56 Å². The van der Waals surface area contributed by atoms with Crippen LogP contribution in [0.3, 0.4) is 0 Å². The first-order chi connectivity index (χ1) is 9.76. The summed E-state index contributed by atoms with van der Waals surface area (Å²) in [7, 11) is 0. The Bertz CT molecular complexity index is 385. The summed E-state index contributed by atoms with van der Waals surface area (Å²) in [6.07, 6.45) is 0.422. The molecule has 1 aromatic carbocycles. The molecule has 0 heterocycles. The van der Waals surface area contributed by atoms with E-state index in [1.54, 1.807) is 0 Å². The van der Waals surface area contributed by atoms with Crippen LogP contribution in [0.4, 0.5) is 5.69 Å². The zero-order chi connectivity index (χ0) is 14.6. The summed E-state index contributed by atoms with van der Waals surface area (Å²) < 4.78 is 8.21. The maximum Gasteiger partial charge on any atom is 0.222 e. The lowest BCUT2D eigenvalue weighted by Gasteiger charge is -2.09. The van der Waals surface area contributed by atoms with Gasteiger partial charge in [-0.3, -0.25) is 8.32 Å². The molecule has 0 radical (unpaired) electrons. The quantitative estimate of drug-likeness (QED) is 0.325. The van der Waals surface area contributed by atoms with Gasteiger partial charge in [-0.1, -0.05) is 12.1 Å². The lowest BCUT2D eigenvalue weighted by atomic mass is 10.2. The SMILES string of the molecule is CCOCCC(=O)NCCNc1ccc(CNI)cc1. The van der Waals surface area contributed by atoms with Crippen molar-refractivity contribution in [2.75, 3.05) is 31.6 Å². The minimum Gasteiger partial charge on any atom is -0.383 e. The average Bonchev–Trinajstić information content (AvgIpc) is 2.46. The van der Waals surface area contributed by atoms with Crippen molar-refractivity contribution in [2.24, 2.45) is 0 Å². The predicted molar refractivity (Wildman–Crippen MR) is 89.9 cm³/mol. The Labute approximate surface area is 134 Å². The molecule has 0 aliphatic rings. The Kier molecular flexibility index (Phi) is 9.35. The molecule has 3 N–H and O–H groups in total. The van der Waals surface area contributed by atoms with Crippen molar-refractivity contribution in [3.63, 3.8) is 0 Å². The van der Waals surface area contributed by atoms with E-state index in [2.05, 4.69) is 49.2 Å². The van der Waals surface area contributed by atoms with Crippen LogP contribution < -0.4 is 14.2 Å². The number of benzene rings is 1. The number of halogens is 1. The third-order valence-corrected chi connectivity index (χ3v) is 3.06. The number of hydrogen-bond acceptors (Lipinski definition) is 4. The van der Waals surface area contributed by atoms with E-state index in [9.17, 15) is 4.79 Å². The second-order valence-corrected chi connectivity index (χ2v) is 4.99. The first-order valence-electron chi connectivity index (χ1n) is 6.77. The van der Waals surface area contributed by atoms with Crippen molar-refractivity contribution in [1.29, 1.82) is 0 Å². The predicted octanol–water partition coefficient (Wildman–Crippen LogP) is 2.08. The fraction of sp³-hybridized carbons (Fsp3) is 0.500. The molecule has 0 aromatic heterocycles. The Morgan fingerprint density at radius 1 is 1.25 bits per heavy atom. The van der Waals surface area contributed by atoms with Crippen LogP contribution in [-0.2, 0) is 16.1 Å². The van der Waals surface area contributed by atoms with E-state index in [0.29, 0.717) is 32.7 Å². The van der Waals surface area contributed by atoms with Gasteiger partial charge < -0.3 is 15.4 Å². The highest BCUT2D eigenvalue weighted by molar-refractivity contribution is 14.1. The monoisotopic (exact) mass is 391 g/mol. The summed E-state index contributed by atoms with van der Waals surface area (Å²) in [6, 6.07) is 8.24. The molecule has 1 rings (SSSR count). The number of amides is 1. The highest BCUT2D eigenvalue weighted by Crippen LogP contribution is 2.09. The van der Waals surface area contributed by atoms with E-state index < -0.39 is 0 Å².